The van der Waals surface area contributed by atoms with Crippen molar-refractivity contribution in [2.24, 2.45) is 0 Å². The topological polar surface area (TPSA) is 87.1 Å². The molecule has 32 heavy (non-hydrogen) atoms. The highest BCUT2D eigenvalue weighted by molar-refractivity contribution is 5.87. The fourth-order valence-electron chi connectivity index (χ4n) is 4.32. The molecule has 1 aliphatic rings. The highest BCUT2D eigenvalue weighted by Gasteiger charge is 2.18. The van der Waals surface area contributed by atoms with Crippen molar-refractivity contribution in [2.45, 2.75) is 26.8 Å². The van der Waals surface area contributed by atoms with Gasteiger partial charge < -0.3 is 10.2 Å². The number of hydrogen-bond acceptors (Lipinski definition) is 6. The third-order valence-electron chi connectivity index (χ3n) is 6.04. The summed E-state index contributed by atoms with van der Waals surface area (Å²) < 4.78 is 3.77. The van der Waals surface area contributed by atoms with Crippen LogP contribution in [0.3, 0.4) is 0 Å². The summed E-state index contributed by atoms with van der Waals surface area (Å²) in [4.78, 5) is 7.04. The van der Waals surface area contributed by atoms with Gasteiger partial charge in [0.05, 0.1) is 23.0 Å². The number of hydrogen-bond donors (Lipinski definition) is 1. The standard InChI is InChI=1S/C24H26N8/c1-3-22-21(16-31(4-2)29-22)18-11-20(24-19(12-25)14-28-32(24)15-18)17-5-6-23(27-13-17)30-9-7-26-8-10-30/h5-6,11,13-16,26H,3-4,7-10H2,1-2H3. The zero-order valence-electron chi connectivity index (χ0n) is 18.4. The van der Waals surface area contributed by atoms with Crippen LogP contribution < -0.4 is 10.2 Å². The Kier molecular flexibility index (Phi) is 5.33. The molecule has 1 aliphatic heterocycles. The normalized spacial score (nSPS) is 14.1. The van der Waals surface area contributed by atoms with Crippen LogP contribution in [0.15, 0.2) is 43.0 Å². The lowest BCUT2D eigenvalue weighted by atomic mass is 9.99. The average Bonchev–Trinajstić information content (AvgIpc) is 3.48. The van der Waals surface area contributed by atoms with Gasteiger partial charge in [0.1, 0.15) is 11.9 Å². The summed E-state index contributed by atoms with van der Waals surface area (Å²) in [6, 6.07) is 8.58. The molecule has 1 saturated heterocycles. The minimum atomic E-state index is 0.553. The van der Waals surface area contributed by atoms with Gasteiger partial charge in [-0.15, -0.1) is 0 Å². The lowest BCUT2D eigenvalue weighted by Crippen LogP contribution is -2.43. The second-order valence-electron chi connectivity index (χ2n) is 7.95. The Morgan fingerprint density at radius 2 is 1.91 bits per heavy atom. The van der Waals surface area contributed by atoms with Gasteiger partial charge in [-0.25, -0.2) is 9.50 Å². The number of aromatic nitrogens is 5. The molecule has 0 atom stereocenters. The predicted molar refractivity (Wildman–Crippen MR) is 124 cm³/mol. The van der Waals surface area contributed by atoms with Crippen molar-refractivity contribution >= 4 is 11.3 Å². The Morgan fingerprint density at radius 1 is 1.06 bits per heavy atom. The van der Waals surface area contributed by atoms with E-state index in [1.807, 2.05) is 17.1 Å². The van der Waals surface area contributed by atoms with Crippen LogP contribution in [-0.2, 0) is 13.0 Å². The molecular formula is C24H26N8. The van der Waals surface area contributed by atoms with E-state index in [1.54, 1.807) is 10.7 Å². The van der Waals surface area contributed by atoms with Crippen LogP contribution in [0.5, 0.6) is 0 Å². The Bertz CT molecular complexity index is 1290. The molecule has 0 radical (unpaired) electrons. The summed E-state index contributed by atoms with van der Waals surface area (Å²) in [5.74, 6) is 0.980. The molecule has 0 amide bonds. The molecule has 0 bridgehead atoms. The van der Waals surface area contributed by atoms with Crippen LogP contribution in [0.2, 0.25) is 0 Å². The first-order valence-corrected chi connectivity index (χ1v) is 11.1. The van der Waals surface area contributed by atoms with Crippen molar-refractivity contribution < 1.29 is 0 Å². The average molecular weight is 427 g/mol. The lowest BCUT2D eigenvalue weighted by molar-refractivity contribution is 0.585. The van der Waals surface area contributed by atoms with Crippen LogP contribution >= 0.6 is 0 Å². The van der Waals surface area contributed by atoms with Crippen LogP contribution in [0, 0.1) is 11.3 Å². The van der Waals surface area contributed by atoms with E-state index in [2.05, 4.69) is 59.6 Å². The molecule has 0 spiro atoms. The molecule has 0 aromatic carbocycles. The third-order valence-corrected chi connectivity index (χ3v) is 6.04. The maximum absolute atomic E-state index is 9.67. The van der Waals surface area contributed by atoms with Crippen molar-refractivity contribution in [3.63, 3.8) is 0 Å². The van der Waals surface area contributed by atoms with Crippen LogP contribution in [0.1, 0.15) is 25.1 Å². The first-order valence-electron chi connectivity index (χ1n) is 11.1. The SMILES string of the molecule is CCc1nn(CC)cc1-c1cc(-c2ccc(N3CCNCC3)nc2)c2c(C#N)cnn2c1. The Balaban J connectivity index is 1.64. The fourth-order valence-corrected chi connectivity index (χ4v) is 4.32. The third kappa shape index (κ3) is 3.51. The monoisotopic (exact) mass is 426 g/mol. The summed E-state index contributed by atoms with van der Waals surface area (Å²) >= 11 is 0. The summed E-state index contributed by atoms with van der Waals surface area (Å²) in [5, 5.41) is 22.2. The minimum absolute atomic E-state index is 0.553. The first kappa shape index (κ1) is 20.2. The number of piperazine rings is 1. The van der Waals surface area contributed by atoms with Crippen molar-refractivity contribution in [2.75, 3.05) is 31.1 Å². The zero-order chi connectivity index (χ0) is 22.1. The van der Waals surface area contributed by atoms with Gasteiger partial charge in [0.15, 0.2) is 0 Å². The smallest absolute Gasteiger partial charge is 0.128 e. The number of aryl methyl sites for hydroxylation is 2. The number of fused-ring (bicyclic) bond motifs is 1. The van der Waals surface area contributed by atoms with Crippen molar-refractivity contribution in [3.05, 3.63) is 54.2 Å². The first-order chi connectivity index (χ1) is 15.7. The number of rotatable bonds is 5. The van der Waals surface area contributed by atoms with E-state index < -0.39 is 0 Å². The fraction of sp³-hybridized carbons (Fsp3) is 0.333. The van der Waals surface area contributed by atoms with Gasteiger partial charge in [-0.3, -0.25) is 4.68 Å². The Hall–Kier alpha value is -3.70. The molecule has 1 fully saturated rings. The van der Waals surface area contributed by atoms with Crippen LogP contribution in [0.4, 0.5) is 5.82 Å². The van der Waals surface area contributed by atoms with Gasteiger partial charge in [-0.05, 0) is 31.5 Å². The molecule has 0 aliphatic carbocycles. The maximum atomic E-state index is 9.67. The molecule has 5 heterocycles. The van der Waals surface area contributed by atoms with Gasteiger partial charge in [-0.2, -0.15) is 15.5 Å². The van der Waals surface area contributed by atoms with Gasteiger partial charge in [-0.1, -0.05) is 6.92 Å². The molecule has 162 valence electrons. The highest BCUT2D eigenvalue weighted by Crippen LogP contribution is 2.33. The van der Waals surface area contributed by atoms with E-state index in [0.29, 0.717) is 5.56 Å². The van der Waals surface area contributed by atoms with E-state index >= 15 is 0 Å². The van der Waals surface area contributed by atoms with Crippen molar-refractivity contribution in [3.8, 4) is 28.3 Å². The Morgan fingerprint density at radius 3 is 2.59 bits per heavy atom. The second kappa shape index (κ2) is 8.44. The van der Waals surface area contributed by atoms with Crippen LogP contribution in [0.25, 0.3) is 27.8 Å². The number of anilines is 1. The lowest BCUT2D eigenvalue weighted by Gasteiger charge is -2.28. The van der Waals surface area contributed by atoms with Gasteiger partial charge >= 0.3 is 0 Å². The van der Waals surface area contributed by atoms with Gasteiger partial charge in [0.2, 0.25) is 0 Å². The van der Waals surface area contributed by atoms with E-state index in [4.69, 9.17) is 10.1 Å². The number of pyridine rings is 2. The summed E-state index contributed by atoms with van der Waals surface area (Å²) in [6.07, 6.45) is 8.45. The second-order valence-corrected chi connectivity index (χ2v) is 7.95. The van der Waals surface area contributed by atoms with E-state index in [1.165, 1.54) is 0 Å². The molecule has 4 aromatic rings. The molecule has 8 nitrogen and oxygen atoms in total. The summed E-state index contributed by atoms with van der Waals surface area (Å²) in [5.41, 5.74) is 6.44. The Labute approximate surface area is 187 Å². The molecule has 0 unspecified atom stereocenters. The molecule has 5 rings (SSSR count). The maximum Gasteiger partial charge on any atom is 0.128 e. The number of nitrogens with zero attached hydrogens (tertiary/aromatic N) is 7. The molecule has 0 saturated carbocycles. The molecular weight excluding hydrogens is 400 g/mol. The number of nitrogens with one attached hydrogen (secondary N) is 1. The quantitative estimate of drug-likeness (QED) is 0.528. The van der Waals surface area contributed by atoms with E-state index in [0.717, 1.165) is 78.4 Å². The largest absolute Gasteiger partial charge is 0.354 e. The van der Waals surface area contributed by atoms with E-state index in [-0.39, 0.29) is 0 Å². The minimum Gasteiger partial charge on any atom is -0.354 e. The zero-order valence-corrected chi connectivity index (χ0v) is 18.4. The molecule has 1 N–H and O–H groups in total. The van der Waals surface area contributed by atoms with E-state index in [9.17, 15) is 5.26 Å². The summed E-state index contributed by atoms with van der Waals surface area (Å²) in [7, 11) is 0. The number of nitriles is 1. The van der Waals surface area contributed by atoms with Gasteiger partial charge in [0, 0.05) is 73.6 Å². The molecule has 8 heteroatoms. The molecule has 4 aromatic heterocycles. The van der Waals surface area contributed by atoms with Crippen molar-refractivity contribution in [1.82, 2.24) is 29.7 Å². The predicted octanol–water partition coefficient (Wildman–Crippen LogP) is 3.12. The highest BCUT2D eigenvalue weighted by atomic mass is 15.3. The summed E-state index contributed by atoms with van der Waals surface area (Å²) in [6.45, 7) is 8.87. The van der Waals surface area contributed by atoms with Gasteiger partial charge in [0.25, 0.3) is 0 Å². The van der Waals surface area contributed by atoms with Crippen molar-refractivity contribution in [1.29, 1.82) is 5.26 Å². The van der Waals surface area contributed by atoms with Crippen LogP contribution in [-0.4, -0.2) is 50.6 Å².